The van der Waals surface area contributed by atoms with E-state index >= 15 is 0 Å². The third-order valence-corrected chi connectivity index (χ3v) is 6.05. The maximum Gasteiger partial charge on any atom is 0.338 e. The summed E-state index contributed by atoms with van der Waals surface area (Å²) in [5, 5.41) is 2.70. The number of rotatable bonds is 6. The Morgan fingerprint density at radius 1 is 1.21 bits per heavy atom. The van der Waals surface area contributed by atoms with E-state index in [-0.39, 0.29) is 11.6 Å². The molecular weight excluding hydrogens is 392 g/mol. The highest BCUT2D eigenvalue weighted by Crippen LogP contribution is 2.34. The second kappa shape index (κ2) is 8.24. The zero-order chi connectivity index (χ0) is 21.2. The van der Waals surface area contributed by atoms with E-state index in [0.29, 0.717) is 17.8 Å². The van der Waals surface area contributed by atoms with Gasteiger partial charge in [0.1, 0.15) is 0 Å². The molecule has 0 spiro atoms. The first kappa shape index (κ1) is 20.9. The van der Waals surface area contributed by atoms with Crippen LogP contribution in [0, 0.1) is 0 Å². The lowest BCUT2D eigenvalue weighted by Gasteiger charge is -2.21. The SMILES string of the molecule is CCc1cccc(NC(=O)COC(=O)c2ccc3c(c2)C[C@H](C)N3S(C)(=O)=O)c1. The highest BCUT2D eigenvalue weighted by molar-refractivity contribution is 7.92. The Bertz CT molecular complexity index is 1050. The van der Waals surface area contributed by atoms with Crippen LogP contribution in [0.5, 0.6) is 0 Å². The van der Waals surface area contributed by atoms with Crippen molar-refractivity contribution in [3.05, 3.63) is 59.2 Å². The number of esters is 1. The highest BCUT2D eigenvalue weighted by Gasteiger charge is 2.32. The number of nitrogens with one attached hydrogen (secondary N) is 1. The molecule has 1 amide bonds. The van der Waals surface area contributed by atoms with E-state index in [1.165, 1.54) is 10.4 Å². The molecule has 1 atom stereocenters. The minimum Gasteiger partial charge on any atom is -0.452 e. The fourth-order valence-electron chi connectivity index (χ4n) is 3.52. The van der Waals surface area contributed by atoms with Gasteiger partial charge in [0, 0.05) is 11.7 Å². The molecule has 0 unspecified atom stereocenters. The predicted molar refractivity (Wildman–Crippen MR) is 112 cm³/mol. The third kappa shape index (κ3) is 4.76. The quantitative estimate of drug-likeness (QED) is 0.731. The zero-order valence-corrected chi connectivity index (χ0v) is 17.5. The smallest absolute Gasteiger partial charge is 0.338 e. The number of hydrogen-bond donors (Lipinski definition) is 1. The maximum absolute atomic E-state index is 12.3. The summed E-state index contributed by atoms with van der Waals surface area (Å²) in [6.07, 6.45) is 2.53. The lowest BCUT2D eigenvalue weighted by Crippen LogP contribution is -2.34. The Labute approximate surface area is 170 Å². The van der Waals surface area contributed by atoms with Gasteiger partial charge in [0.25, 0.3) is 5.91 Å². The molecular formula is C21H24N2O5S. The summed E-state index contributed by atoms with van der Waals surface area (Å²) in [6.45, 7) is 3.43. The number of amides is 1. The van der Waals surface area contributed by atoms with Crippen LogP contribution in [-0.4, -0.2) is 39.2 Å². The standard InChI is InChI=1S/C21H24N2O5S/c1-4-15-6-5-7-18(11-15)22-20(24)13-28-21(25)16-8-9-19-17(12-16)10-14(2)23(19)29(3,26)27/h5-9,11-12,14H,4,10,13H2,1-3H3,(H,22,24)/t14-/m0/s1. The summed E-state index contributed by atoms with van der Waals surface area (Å²) in [4.78, 5) is 24.4. The van der Waals surface area contributed by atoms with Gasteiger partial charge in [0.05, 0.1) is 17.5 Å². The number of carbonyl (C=O) groups is 2. The third-order valence-electron chi connectivity index (χ3n) is 4.78. The van der Waals surface area contributed by atoms with Crippen LogP contribution in [0.25, 0.3) is 0 Å². The highest BCUT2D eigenvalue weighted by atomic mass is 32.2. The van der Waals surface area contributed by atoms with Gasteiger partial charge in [0.2, 0.25) is 10.0 Å². The Morgan fingerprint density at radius 2 is 1.97 bits per heavy atom. The first-order valence-electron chi connectivity index (χ1n) is 9.37. The molecule has 2 aromatic carbocycles. The van der Waals surface area contributed by atoms with Gasteiger partial charge < -0.3 is 10.1 Å². The number of fused-ring (bicyclic) bond motifs is 1. The van der Waals surface area contributed by atoms with Gasteiger partial charge >= 0.3 is 5.97 Å². The lowest BCUT2D eigenvalue weighted by molar-refractivity contribution is -0.119. The van der Waals surface area contributed by atoms with Crippen molar-refractivity contribution < 1.29 is 22.7 Å². The molecule has 7 nitrogen and oxygen atoms in total. The predicted octanol–water partition coefficient (Wildman–Crippen LogP) is 2.76. The lowest BCUT2D eigenvalue weighted by atomic mass is 10.1. The molecule has 0 radical (unpaired) electrons. The Balaban J connectivity index is 1.63. The summed E-state index contributed by atoms with van der Waals surface area (Å²) in [7, 11) is -3.39. The molecule has 3 rings (SSSR count). The van der Waals surface area contributed by atoms with E-state index in [2.05, 4.69) is 5.32 Å². The molecule has 1 aliphatic heterocycles. The van der Waals surface area contributed by atoms with Gasteiger partial charge in [-0.05, 0) is 61.2 Å². The summed E-state index contributed by atoms with van der Waals surface area (Å²) < 4.78 is 30.4. The average Bonchev–Trinajstić information content (AvgIpc) is 3.01. The van der Waals surface area contributed by atoms with Crippen LogP contribution < -0.4 is 9.62 Å². The summed E-state index contributed by atoms with van der Waals surface area (Å²) >= 11 is 0. The number of benzene rings is 2. The number of aryl methyl sites for hydroxylation is 1. The summed E-state index contributed by atoms with van der Waals surface area (Å²) in [5.41, 5.74) is 3.36. The van der Waals surface area contributed by atoms with Crippen LogP contribution in [0.1, 0.15) is 35.3 Å². The largest absolute Gasteiger partial charge is 0.452 e. The zero-order valence-electron chi connectivity index (χ0n) is 16.6. The topological polar surface area (TPSA) is 92.8 Å². The second-order valence-corrected chi connectivity index (χ2v) is 8.99. The van der Waals surface area contributed by atoms with Crippen molar-refractivity contribution >= 4 is 33.3 Å². The van der Waals surface area contributed by atoms with Crippen molar-refractivity contribution in [3.8, 4) is 0 Å². The maximum atomic E-state index is 12.3. The van der Waals surface area contributed by atoms with Gasteiger partial charge in [-0.2, -0.15) is 0 Å². The number of anilines is 2. The second-order valence-electron chi connectivity index (χ2n) is 7.13. The van der Waals surface area contributed by atoms with Gasteiger partial charge in [-0.3, -0.25) is 9.10 Å². The Kier molecular flexibility index (Phi) is 5.93. The van der Waals surface area contributed by atoms with E-state index in [4.69, 9.17) is 4.74 Å². The molecule has 0 aliphatic carbocycles. The first-order chi connectivity index (χ1) is 13.7. The van der Waals surface area contributed by atoms with Crippen LogP contribution in [-0.2, 0) is 32.4 Å². The molecule has 1 aliphatic rings. The number of nitrogens with zero attached hydrogens (tertiary/aromatic N) is 1. The summed E-state index contributed by atoms with van der Waals surface area (Å²) in [6, 6.07) is 12.0. The van der Waals surface area contributed by atoms with Gasteiger partial charge in [0.15, 0.2) is 6.61 Å². The van der Waals surface area contributed by atoms with Crippen molar-refractivity contribution in [1.82, 2.24) is 0 Å². The van der Waals surface area contributed by atoms with Gasteiger partial charge in [-0.25, -0.2) is 13.2 Å². The fourth-order valence-corrected chi connectivity index (χ4v) is 4.78. The molecule has 154 valence electrons. The van der Waals surface area contributed by atoms with Crippen molar-refractivity contribution in [3.63, 3.8) is 0 Å². The van der Waals surface area contributed by atoms with Crippen LogP contribution >= 0.6 is 0 Å². The molecule has 0 saturated heterocycles. The number of ether oxygens (including phenoxy) is 1. The van der Waals surface area contributed by atoms with Crippen LogP contribution in [0.4, 0.5) is 11.4 Å². The van der Waals surface area contributed by atoms with E-state index in [9.17, 15) is 18.0 Å². The van der Waals surface area contributed by atoms with Crippen molar-refractivity contribution in [1.29, 1.82) is 0 Å². The van der Waals surface area contributed by atoms with E-state index in [1.54, 1.807) is 18.2 Å². The number of sulfonamides is 1. The van der Waals surface area contributed by atoms with Crippen LogP contribution in [0.15, 0.2) is 42.5 Å². The van der Waals surface area contributed by atoms with Crippen molar-refractivity contribution in [2.24, 2.45) is 0 Å². The average molecular weight is 416 g/mol. The molecule has 1 N–H and O–H groups in total. The molecule has 29 heavy (non-hydrogen) atoms. The molecule has 0 fully saturated rings. The Hall–Kier alpha value is -2.87. The van der Waals surface area contributed by atoms with E-state index in [1.807, 2.05) is 32.0 Å². The van der Waals surface area contributed by atoms with Gasteiger partial charge in [-0.15, -0.1) is 0 Å². The Morgan fingerprint density at radius 3 is 2.66 bits per heavy atom. The van der Waals surface area contributed by atoms with E-state index < -0.39 is 28.5 Å². The normalized spacial score (nSPS) is 15.7. The first-order valence-corrected chi connectivity index (χ1v) is 11.2. The molecule has 1 heterocycles. The minimum absolute atomic E-state index is 0.212. The fraction of sp³-hybridized carbons (Fsp3) is 0.333. The summed E-state index contributed by atoms with van der Waals surface area (Å²) in [5.74, 6) is -1.06. The number of hydrogen-bond acceptors (Lipinski definition) is 5. The van der Waals surface area contributed by atoms with Gasteiger partial charge in [-0.1, -0.05) is 19.1 Å². The van der Waals surface area contributed by atoms with Crippen molar-refractivity contribution in [2.45, 2.75) is 32.7 Å². The number of carbonyl (C=O) groups excluding carboxylic acids is 2. The molecule has 2 aromatic rings. The van der Waals surface area contributed by atoms with E-state index in [0.717, 1.165) is 23.8 Å². The molecule has 8 heteroatoms. The monoisotopic (exact) mass is 416 g/mol. The van der Waals surface area contributed by atoms with Crippen LogP contribution in [0.2, 0.25) is 0 Å². The molecule has 0 saturated carbocycles. The molecule has 0 aromatic heterocycles. The minimum atomic E-state index is -3.39. The van der Waals surface area contributed by atoms with Crippen molar-refractivity contribution in [2.75, 3.05) is 22.5 Å². The van der Waals surface area contributed by atoms with Crippen LogP contribution in [0.3, 0.4) is 0 Å². The molecule has 0 bridgehead atoms.